The molecule has 1 atom stereocenters. The second kappa shape index (κ2) is 9.02. The molecular formula is C23H25N3O3S. The number of aryl methyl sites for hydroxylation is 1. The Bertz CT molecular complexity index is 1140. The molecule has 0 spiro atoms. The van der Waals surface area contributed by atoms with Crippen LogP contribution in [0, 0.1) is 13.8 Å². The maximum Gasteiger partial charge on any atom is 0.262 e. The Morgan fingerprint density at radius 3 is 2.87 bits per heavy atom. The number of amides is 1. The summed E-state index contributed by atoms with van der Waals surface area (Å²) in [5.74, 6) is 0.0451. The van der Waals surface area contributed by atoms with Crippen LogP contribution in [0.25, 0.3) is 10.9 Å². The Morgan fingerprint density at radius 1 is 1.23 bits per heavy atom. The molecular weight excluding hydrogens is 398 g/mol. The van der Waals surface area contributed by atoms with Gasteiger partial charge >= 0.3 is 0 Å². The number of benzene rings is 2. The number of aromatic nitrogens is 2. The number of carbonyl (C=O) groups excluding carboxylic acids is 1. The van der Waals surface area contributed by atoms with Gasteiger partial charge in [-0.05, 0) is 56.0 Å². The number of hydrogen-bond acceptors (Lipinski definition) is 5. The lowest BCUT2D eigenvalue weighted by molar-refractivity contribution is -0.113. The molecule has 1 aromatic heterocycles. The molecule has 1 unspecified atom stereocenters. The minimum atomic E-state index is -0.125. The van der Waals surface area contributed by atoms with Crippen molar-refractivity contribution in [3.05, 3.63) is 63.9 Å². The van der Waals surface area contributed by atoms with Gasteiger partial charge in [0, 0.05) is 12.3 Å². The van der Waals surface area contributed by atoms with E-state index < -0.39 is 0 Å². The molecule has 0 aliphatic carbocycles. The monoisotopic (exact) mass is 423 g/mol. The molecule has 4 rings (SSSR count). The Labute approximate surface area is 179 Å². The van der Waals surface area contributed by atoms with Crippen LogP contribution < -0.4 is 10.9 Å². The first-order chi connectivity index (χ1) is 14.5. The molecule has 7 heteroatoms. The van der Waals surface area contributed by atoms with Crippen molar-refractivity contribution in [2.45, 2.75) is 44.5 Å². The smallest absolute Gasteiger partial charge is 0.262 e. The number of rotatable bonds is 6. The van der Waals surface area contributed by atoms with E-state index in [9.17, 15) is 9.59 Å². The second-order valence-corrected chi connectivity index (χ2v) is 8.49. The number of nitrogens with one attached hydrogen (secondary N) is 1. The van der Waals surface area contributed by atoms with Gasteiger partial charge in [-0.2, -0.15) is 0 Å². The topological polar surface area (TPSA) is 73.2 Å². The highest BCUT2D eigenvalue weighted by atomic mass is 32.2. The van der Waals surface area contributed by atoms with Gasteiger partial charge in [-0.1, -0.05) is 36.0 Å². The third-order valence-electron chi connectivity index (χ3n) is 5.45. The fraction of sp³-hybridized carbons (Fsp3) is 0.348. The summed E-state index contributed by atoms with van der Waals surface area (Å²) in [6.45, 7) is 5.18. The van der Waals surface area contributed by atoms with Crippen molar-refractivity contribution in [3.8, 4) is 0 Å². The summed E-state index contributed by atoms with van der Waals surface area (Å²) in [6.07, 6.45) is 1.94. The van der Waals surface area contributed by atoms with E-state index in [1.54, 1.807) is 10.6 Å². The second-order valence-electron chi connectivity index (χ2n) is 7.55. The average molecular weight is 424 g/mol. The Balaban J connectivity index is 1.57. The molecule has 0 radical (unpaired) electrons. The number of fused-ring (bicyclic) bond motifs is 1. The molecule has 3 aromatic rings. The third kappa shape index (κ3) is 4.42. The van der Waals surface area contributed by atoms with Crippen LogP contribution >= 0.6 is 11.8 Å². The minimum Gasteiger partial charge on any atom is -0.376 e. The van der Waals surface area contributed by atoms with E-state index in [0.29, 0.717) is 22.6 Å². The molecule has 6 nitrogen and oxygen atoms in total. The zero-order valence-electron chi connectivity index (χ0n) is 17.2. The first kappa shape index (κ1) is 20.6. The van der Waals surface area contributed by atoms with E-state index in [4.69, 9.17) is 4.74 Å². The number of para-hydroxylation sites is 1. The van der Waals surface area contributed by atoms with Crippen LogP contribution in [0.15, 0.2) is 52.4 Å². The molecule has 1 aliphatic rings. The van der Waals surface area contributed by atoms with E-state index in [2.05, 4.69) is 10.3 Å². The van der Waals surface area contributed by atoms with Gasteiger partial charge in [0.15, 0.2) is 5.16 Å². The molecule has 1 amide bonds. The average Bonchev–Trinajstić information content (AvgIpc) is 3.25. The first-order valence-electron chi connectivity index (χ1n) is 10.1. The molecule has 1 aliphatic heterocycles. The van der Waals surface area contributed by atoms with Crippen LogP contribution in [0.3, 0.4) is 0 Å². The lowest BCUT2D eigenvalue weighted by Crippen LogP contribution is -2.29. The zero-order chi connectivity index (χ0) is 21.1. The van der Waals surface area contributed by atoms with Crippen molar-refractivity contribution in [1.82, 2.24) is 9.55 Å². The van der Waals surface area contributed by atoms with Gasteiger partial charge in [0.25, 0.3) is 5.56 Å². The summed E-state index contributed by atoms with van der Waals surface area (Å²) in [5, 5.41) is 4.10. The molecule has 0 bridgehead atoms. The molecule has 2 heterocycles. The van der Waals surface area contributed by atoms with E-state index >= 15 is 0 Å². The lowest BCUT2D eigenvalue weighted by Gasteiger charge is -2.16. The molecule has 30 heavy (non-hydrogen) atoms. The van der Waals surface area contributed by atoms with Crippen LogP contribution in [0.1, 0.15) is 24.0 Å². The number of ether oxygens (including phenoxy) is 1. The van der Waals surface area contributed by atoms with E-state index in [1.807, 2.05) is 50.2 Å². The fourth-order valence-corrected chi connectivity index (χ4v) is 4.42. The van der Waals surface area contributed by atoms with Crippen LogP contribution in [0.4, 0.5) is 5.69 Å². The highest BCUT2D eigenvalue weighted by molar-refractivity contribution is 7.99. The standard InChI is InChI=1S/C23H25N3O3S/c1-15-7-5-11-19(16(15)2)24-21(27)14-30-23-25-20-10-4-3-9-18(20)22(28)26(23)13-17-8-6-12-29-17/h3-5,7,9-11,17H,6,8,12-14H2,1-2H3,(H,24,27). The normalized spacial score (nSPS) is 16.1. The predicted octanol–water partition coefficient (Wildman–Crippen LogP) is 3.92. The summed E-state index contributed by atoms with van der Waals surface area (Å²) < 4.78 is 7.39. The molecule has 0 saturated carbocycles. The van der Waals surface area contributed by atoms with Gasteiger partial charge in [0.2, 0.25) is 5.91 Å². The van der Waals surface area contributed by atoms with Crippen molar-refractivity contribution < 1.29 is 9.53 Å². The zero-order valence-corrected chi connectivity index (χ0v) is 18.0. The Kier molecular flexibility index (Phi) is 6.20. The highest BCUT2D eigenvalue weighted by Crippen LogP contribution is 2.22. The first-order valence-corrected chi connectivity index (χ1v) is 11.1. The van der Waals surface area contributed by atoms with Gasteiger partial charge in [-0.3, -0.25) is 14.2 Å². The molecule has 1 N–H and O–H groups in total. The summed E-state index contributed by atoms with van der Waals surface area (Å²) in [6, 6.07) is 13.2. The largest absolute Gasteiger partial charge is 0.376 e. The van der Waals surface area contributed by atoms with Gasteiger partial charge in [-0.25, -0.2) is 4.98 Å². The molecule has 1 saturated heterocycles. The Hall–Kier alpha value is -2.64. The number of anilines is 1. The minimum absolute atomic E-state index is 0.00813. The molecule has 156 valence electrons. The summed E-state index contributed by atoms with van der Waals surface area (Å²) in [5.41, 5.74) is 3.54. The SMILES string of the molecule is Cc1cccc(NC(=O)CSc2nc3ccccc3c(=O)n2CC2CCCO2)c1C. The number of thioether (sulfide) groups is 1. The predicted molar refractivity (Wildman–Crippen MR) is 120 cm³/mol. The van der Waals surface area contributed by atoms with Crippen LogP contribution in [-0.2, 0) is 16.1 Å². The fourth-order valence-electron chi connectivity index (χ4n) is 3.61. The van der Waals surface area contributed by atoms with Gasteiger partial charge in [-0.15, -0.1) is 0 Å². The van der Waals surface area contributed by atoms with E-state index in [-0.39, 0.29) is 23.3 Å². The number of carbonyl (C=O) groups is 1. The molecule has 1 fully saturated rings. The number of hydrogen-bond donors (Lipinski definition) is 1. The summed E-state index contributed by atoms with van der Waals surface area (Å²) >= 11 is 1.28. The maximum absolute atomic E-state index is 13.1. The summed E-state index contributed by atoms with van der Waals surface area (Å²) in [4.78, 5) is 30.4. The van der Waals surface area contributed by atoms with Crippen LogP contribution in [0.2, 0.25) is 0 Å². The van der Waals surface area contributed by atoms with Crippen molar-refractivity contribution in [2.75, 3.05) is 17.7 Å². The van der Waals surface area contributed by atoms with Crippen molar-refractivity contribution in [2.24, 2.45) is 0 Å². The Morgan fingerprint density at radius 2 is 2.07 bits per heavy atom. The van der Waals surface area contributed by atoms with Gasteiger partial charge in [0.05, 0.1) is 29.3 Å². The lowest BCUT2D eigenvalue weighted by atomic mass is 10.1. The van der Waals surface area contributed by atoms with E-state index in [0.717, 1.165) is 36.3 Å². The number of nitrogens with zero attached hydrogens (tertiary/aromatic N) is 2. The van der Waals surface area contributed by atoms with E-state index in [1.165, 1.54) is 11.8 Å². The van der Waals surface area contributed by atoms with Gasteiger partial charge in [0.1, 0.15) is 0 Å². The third-order valence-corrected chi connectivity index (χ3v) is 6.42. The highest BCUT2D eigenvalue weighted by Gasteiger charge is 2.20. The van der Waals surface area contributed by atoms with Crippen molar-refractivity contribution >= 4 is 34.3 Å². The summed E-state index contributed by atoms with van der Waals surface area (Å²) in [7, 11) is 0. The van der Waals surface area contributed by atoms with Crippen LogP contribution in [0.5, 0.6) is 0 Å². The van der Waals surface area contributed by atoms with Crippen molar-refractivity contribution in [1.29, 1.82) is 0 Å². The maximum atomic E-state index is 13.1. The van der Waals surface area contributed by atoms with Gasteiger partial charge < -0.3 is 10.1 Å². The molecule has 2 aromatic carbocycles. The van der Waals surface area contributed by atoms with Crippen molar-refractivity contribution in [3.63, 3.8) is 0 Å². The van der Waals surface area contributed by atoms with Crippen LogP contribution in [-0.4, -0.2) is 33.9 Å². The quantitative estimate of drug-likeness (QED) is 0.480.